The third-order valence-electron chi connectivity index (χ3n) is 4.05. The largest absolute Gasteiger partial charge is 0.383 e. The van der Waals surface area contributed by atoms with E-state index in [-0.39, 0.29) is 12.5 Å². The predicted octanol–water partition coefficient (Wildman–Crippen LogP) is 2.27. The van der Waals surface area contributed by atoms with E-state index < -0.39 is 5.60 Å². The monoisotopic (exact) mass is 302 g/mol. The van der Waals surface area contributed by atoms with Gasteiger partial charge >= 0.3 is 0 Å². The molecule has 1 unspecified atom stereocenters. The van der Waals surface area contributed by atoms with Gasteiger partial charge in [0.1, 0.15) is 10.5 Å². The normalized spacial score (nSPS) is 20.3. The highest BCUT2D eigenvalue weighted by molar-refractivity contribution is 7.11. The maximum absolute atomic E-state index is 12.2. The first kappa shape index (κ1) is 14.2. The van der Waals surface area contributed by atoms with Crippen molar-refractivity contribution in [3.05, 3.63) is 51.5 Å². The molecule has 3 rings (SSSR count). The number of nitrogens with one attached hydrogen (secondary N) is 1. The molecule has 110 valence electrons. The summed E-state index contributed by atoms with van der Waals surface area (Å²) < 4.78 is 0. The van der Waals surface area contributed by atoms with Gasteiger partial charge in [-0.05, 0) is 30.4 Å². The molecule has 0 radical (unpaired) electrons. The number of rotatable bonds is 4. The summed E-state index contributed by atoms with van der Waals surface area (Å²) in [6.45, 7) is 2.22. The number of aromatic nitrogens is 1. The van der Waals surface area contributed by atoms with Crippen LogP contribution < -0.4 is 5.32 Å². The number of nitrogens with zero attached hydrogens (tertiary/aromatic N) is 1. The Bertz CT molecular complexity index is 668. The minimum atomic E-state index is -0.955. The number of hydrogen-bond acceptors (Lipinski definition) is 4. The van der Waals surface area contributed by atoms with E-state index >= 15 is 0 Å². The maximum atomic E-state index is 12.2. The molecule has 1 aromatic carbocycles. The summed E-state index contributed by atoms with van der Waals surface area (Å²) in [4.78, 5) is 17.1. The van der Waals surface area contributed by atoms with Crippen molar-refractivity contribution in [1.29, 1.82) is 0 Å². The van der Waals surface area contributed by atoms with Crippen LogP contribution in [0.5, 0.6) is 0 Å². The summed E-state index contributed by atoms with van der Waals surface area (Å²) in [6, 6.07) is 7.88. The lowest BCUT2D eigenvalue weighted by Gasteiger charge is -2.24. The van der Waals surface area contributed by atoms with Gasteiger partial charge in [-0.25, -0.2) is 4.98 Å². The van der Waals surface area contributed by atoms with Gasteiger partial charge in [0, 0.05) is 0 Å². The second-order valence-corrected chi connectivity index (χ2v) is 6.21. The van der Waals surface area contributed by atoms with Gasteiger partial charge in [0.15, 0.2) is 0 Å². The number of amides is 1. The first-order chi connectivity index (χ1) is 10.1. The van der Waals surface area contributed by atoms with Crippen molar-refractivity contribution in [3.63, 3.8) is 0 Å². The molecule has 1 heterocycles. The van der Waals surface area contributed by atoms with Crippen LogP contribution in [0.4, 0.5) is 0 Å². The molecule has 0 spiro atoms. The van der Waals surface area contributed by atoms with Gasteiger partial charge in [-0.3, -0.25) is 4.79 Å². The van der Waals surface area contributed by atoms with Crippen LogP contribution in [0.3, 0.4) is 0 Å². The van der Waals surface area contributed by atoms with Gasteiger partial charge in [0.25, 0.3) is 5.91 Å². The first-order valence-corrected chi connectivity index (χ1v) is 8.03. The molecule has 1 aromatic heterocycles. The van der Waals surface area contributed by atoms with Crippen LogP contribution in [0.25, 0.3) is 0 Å². The third-order valence-corrected chi connectivity index (χ3v) is 4.92. The second-order valence-electron chi connectivity index (χ2n) is 5.35. The van der Waals surface area contributed by atoms with E-state index in [1.807, 2.05) is 31.2 Å². The lowest BCUT2D eigenvalue weighted by molar-refractivity contribution is 0.0370. The number of aryl methyl sites for hydroxylation is 2. The summed E-state index contributed by atoms with van der Waals surface area (Å²) in [6.07, 6.45) is 2.23. The maximum Gasteiger partial charge on any atom is 0.263 e. The lowest BCUT2D eigenvalue weighted by atomic mass is 9.96. The number of thiazole rings is 1. The average molecular weight is 302 g/mol. The number of carbonyl (C=O) groups is 1. The first-order valence-electron chi connectivity index (χ1n) is 7.15. The number of fused-ring (bicyclic) bond motifs is 1. The van der Waals surface area contributed by atoms with Gasteiger partial charge in [-0.2, -0.15) is 0 Å². The topological polar surface area (TPSA) is 62.2 Å². The van der Waals surface area contributed by atoms with Crippen LogP contribution in [0.1, 0.15) is 39.8 Å². The third kappa shape index (κ3) is 2.59. The zero-order chi connectivity index (χ0) is 14.9. The Labute approximate surface area is 127 Å². The zero-order valence-electron chi connectivity index (χ0n) is 11.9. The Balaban J connectivity index is 1.72. The molecule has 1 amide bonds. The fraction of sp³-hybridized carbons (Fsp3) is 0.375. The van der Waals surface area contributed by atoms with Crippen molar-refractivity contribution in [3.8, 4) is 0 Å². The van der Waals surface area contributed by atoms with Crippen molar-refractivity contribution in [2.45, 2.75) is 31.8 Å². The Morgan fingerprint density at radius 3 is 3.10 bits per heavy atom. The van der Waals surface area contributed by atoms with Crippen LogP contribution in [0.15, 0.2) is 29.8 Å². The summed E-state index contributed by atoms with van der Waals surface area (Å²) in [5.41, 5.74) is 3.65. The highest BCUT2D eigenvalue weighted by atomic mass is 32.1. The van der Waals surface area contributed by atoms with Crippen LogP contribution in [0.2, 0.25) is 0 Å². The van der Waals surface area contributed by atoms with Crippen LogP contribution in [-0.4, -0.2) is 22.5 Å². The Kier molecular flexibility index (Phi) is 3.78. The van der Waals surface area contributed by atoms with Crippen molar-refractivity contribution >= 4 is 17.2 Å². The summed E-state index contributed by atoms with van der Waals surface area (Å²) in [5, 5.41) is 13.7. The van der Waals surface area contributed by atoms with Gasteiger partial charge < -0.3 is 10.4 Å². The molecule has 0 saturated carbocycles. The van der Waals surface area contributed by atoms with E-state index in [4.69, 9.17) is 0 Å². The van der Waals surface area contributed by atoms with E-state index in [1.54, 1.807) is 5.51 Å². The van der Waals surface area contributed by atoms with Crippen molar-refractivity contribution in [2.24, 2.45) is 0 Å². The lowest BCUT2D eigenvalue weighted by Crippen LogP contribution is -2.39. The van der Waals surface area contributed by atoms with Gasteiger partial charge in [0.2, 0.25) is 0 Å². The summed E-state index contributed by atoms with van der Waals surface area (Å²) in [7, 11) is 0. The number of aliphatic hydroxyl groups is 1. The molecule has 0 aliphatic heterocycles. The molecule has 1 atom stereocenters. The zero-order valence-corrected chi connectivity index (χ0v) is 12.7. The van der Waals surface area contributed by atoms with Crippen LogP contribution in [-0.2, 0) is 18.4 Å². The fourth-order valence-corrected chi connectivity index (χ4v) is 3.66. The highest BCUT2D eigenvalue weighted by Crippen LogP contribution is 2.36. The van der Waals surface area contributed by atoms with Crippen molar-refractivity contribution in [2.75, 3.05) is 6.54 Å². The molecule has 1 aliphatic carbocycles. The SMILES string of the molecule is CCc1ncsc1C(=O)NCC1(O)CCc2ccccc21. The molecule has 0 saturated heterocycles. The molecule has 21 heavy (non-hydrogen) atoms. The Morgan fingerprint density at radius 2 is 2.29 bits per heavy atom. The van der Waals surface area contributed by atoms with Gasteiger partial charge in [-0.15, -0.1) is 11.3 Å². The van der Waals surface area contributed by atoms with Gasteiger partial charge in [-0.1, -0.05) is 31.2 Å². The smallest absolute Gasteiger partial charge is 0.263 e. The summed E-state index contributed by atoms with van der Waals surface area (Å²) in [5.74, 6) is -0.146. The molecule has 5 heteroatoms. The minimum Gasteiger partial charge on any atom is -0.383 e. The van der Waals surface area contributed by atoms with Crippen molar-refractivity contribution in [1.82, 2.24) is 10.3 Å². The van der Waals surface area contributed by atoms with Crippen LogP contribution in [0, 0.1) is 0 Å². The molecule has 2 N–H and O–H groups in total. The Morgan fingerprint density at radius 1 is 1.48 bits per heavy atom. The van der Waals surface area contributed by atoms with E-state index in [1.165, 1.54) is 16.9 Å². The molecule has 0 fully saturated rings. The van der Waals surface area contributed by atoms with E-state index in [0.717, 1.165) is 24.1 Å². The predicted molar refractivity (Wildman–Crippen MR) is 82.5 cm³/mol. The molecule has 0 bridgehead atoms. The minimum absolute atomic E-state index is 0.146. The van der Waals surface area contributed by atoms with E-state index in [0.29, 0.717) is 11.3 Å². The van der Waals surface area contributed by atoms with Gasteiger partial charge in [0.05, 0.1) is 17.7 Å². The van der Waals surface area contributed by atoms with Crippen LogP contribution >= 0.6 is 11.3 Å². The Hall–Kier alpha value is -1.72. The standard InChI is InChI=1S/C16H18N2O2S/c1-2-13-14(21-10-18-13)15(19)17-9-16(20)8-7-11-5-3-4-6-12(11)16/h3-6,10,20H,2,7-9H2,1H3,(H,17,19). The van der Waals surface area contributed by atoms with E-state index in [9.17, 15) is 9.90 Å². The van der Waals surface area contributed by atoms with Crippen molar-refractivity contribution < 1.29 is 9.90 Å². The molecule has 4 nitrogen and oxygen atoms in total. The molecule has 1 aliphatic rings. The highest BCUT2D eigenvalue weighted by Gasteiger charge is 2.36. The molecular weight excluding hydrogens is 284 g/mol. The van der Waals surface area contributed by atoms with E-state index in [2.05, 4.69) is 10.3 Å². The number of hydrogen-bond donors (Lipinski definition) is 2. The molecular formula is C16H18N2O2S. The summed E-state index contributed by atoms with van der Waals surface area (Å²) >= 11 is 1.34. The number of carbonyl (C=O) groups excluding carboxylic acids is 1. The molecule has 2 aromatic rings. The second kappa shape index (κ2) is 5.58. The number of benzene rings is 1. The fourth-order valence-electron chi connectivity index (χ4n) is 2.86. The quantitative estimate of drug-likeness (QED) is 0.910. The average Bonchev–Trinajstić information content (AvgIpc) is 3.11.